The Kier molecular flexibility index (Phi) is 8.87. The van der Waals surface area contributed by atoms with E-state index in [1.54, 1.807) is 26.0 Å². The number of likely N-dealkylation sites (tertiary alicyclic amines) is 1. The number of imide groups is 1. The molecule has 0 saturated carbocycles. The third-order valence-corrected chi connectivity index (χ3v) is 6.92. The van der Waals surface area contributed by atoms with Gasteiger partial charge < -0.3 is 15.0 Å². The van der Waals surface area contributed by atoms with Crippen molar-refractivity contribution in [3.8, 4) is 17.0 Å². The van der Waals surface area contributed by atoms with E-state index in [1.165, 1.54) is 18.3 Å². The van der Waals surface area contributed by atoms with Crippen LogP contribution in [0.25, 0.3) is 11.1 Å². The Morgan fingerprint density at radius 1 is 1.16 bits per heavy atom. The summed E-state index contributed by atoms with van der Waals surface area (Å²) in [5.74, 6) is -0.735. The number of alkyl halides is 1. The number of carbonyl (C=O) groups excluding carboxylic acids is 2. The van der Waals surface area contributed by atoms with Crippen LogP contribution in [-0.4, -0.2) is 66.2 Å². The number of rotatable bonds is 8. The zero-order valence-corrected chi connectivity index (χ0v) is 21.6. The van der Waals surface area contributed by atoms with E-state index >= 15 is 0 Å². The van der Waals surface area contributed by atoms with Gasteiger partial charge in [0.05, 0.1) is 12.6 Å². The fourth-order valence-electron chi connectivity index (χ4n) is 4.91. The Morgan fingerprint density at radius 2 is 1.95 bits per heavy atom. The standard InChI is InChI=1S/C28H36F2N4O3/c1-28(2,30)18-34-13-10-19(11-14-34)17-37-25-9-7-21(16-32-25)22-8-6-20(15-23(22)29)26(35)33-27(36)24-5-3-4-12-31-24/h6-9,15-16,19,24,31H,3-5,10-14,17-18H2,1-2H3,(H,33,35,36)/t24-/m1/s1. The van der Waals surface area contributed by atoms with Crippen molar-refractivity contribution >= 4 is 11.8 Å². The molecule has 0 spiro atoms. The topological polar surface area (TPSA) is 83.6 Å². The van der Waals surface area contributed by atoms with Crippen LogP contribution in [0.5, 0.6) is 5.88 Å². The molecule has 2 N–H and O–H groups in total. The third kappa shape index (κ3) is 7.79. The molecule has 3 heterocycles. The number of pyridine rings is 1. The van der Waals surface area contributed by atoms with Crippen molar-refractivity contribution in [3.63, 3.8) is 0 Å². The number of piperidine rings is 2. The van der Waals surface area contributed by atoms with Gasteiger partial charge in [-0.15, -0.1) is 0 Å². The minimum Gasteiger partial charge on any atom is -0.477 e. The van der Waals surface area contributed by atoms with E-state index < -0.39 is 23.4 Å². The Hall–Kier alpha value is -2.91. The van der Waals surface area contributed by atoms with E-state index in [-0.39, 0.29) is 11.5 Å². The van der Waals surface area contributed by atoms with E-state index in [2.05, 4.69) is 20.5 Å². The molecule has 0 unspecified atom stereocenters. The molecule has 2 aromatic rings. The minimum atomic E-state index is -1.19. The first-order chi connectivity index (χ1) is 17.7. The van der Waals surface area contributed by atoms with Gasteiger partial charge in [-0.1, -0.05) is 12.5 Å². The molecule has 2 saturated heterocycles. The average Bonchev–Trinajstić information content (AvgIpc) is 2.88. The van der Waals surface area contributed by atoms with Crippen molar-refractivity contribution in [2.45, 2.75) is 57.7 Å². The lowest BCUT2D eigenvalue weighted by atomic mass is 9.97. The molecular weight excluding hydrogens is 478 g/mol. The van der Waals surface area contributed by atoms with Gasteiger partial charge in [0, 0.05) is 35.5 Å². The molecule has 7 nitrogen and oxygen atoms in total. The second-order valence-corrected chi connectivity index (χ2v) is 10.6. The van der Waals surface area contributed by atoms with Gasteiger partial charge in [0.2, 0.25) is 11.8 Å². The zero-order valence-electron chi connectivity index (χ0n) is 21.6. The molecule has 0 bridgehead atoms. The number of amides is 2. The molecule has 2 fully saturated rings. The van der Waals surface area contributed by atoms with Crippen molar-refractivity contribution in [1.82, 2.24) is 20.5 Å². The molecular formula is C28H36F2N4O3. The number of nitrogens with one attached hydrogen (secondary N) is 2. The minimum absolute atomic E-state index is 0.0828. The fraction of sp³-hybridized carbons (Fsp3) is 0.536. The highest BCUT2D eigenvalue weighted by atomic mass is 19.1. The first-order valence-electron chi connectivity index (χ1n) is 13.1. The van der Waals surface area contributed by atoms with E-state index in [0.29, 0.717) is 42.5 Å². The van der Waals surface area contributed by atoms with Crippen LogP contribution in [0.15, 0.2) is 36.5 Å². The average molecular weight is 515 g/mol. The zero-order chi connectivity index (χ0) is 26.4. The van der Waals surface area contributed by atoms with Gasteiger partial charge in [0.15, 0.2) is 0 Å². The first kappa shape index (κ1) is 27.1. The molecule has 0 aliphatic carbocycles. The summed E-state index contributed by atoms with van der Waals surface area (Å²) in [6.07, 6.45) is 6.05. The van der Waals surface area contributed by atoms with Crippen LogP contribution in [0, 0.1) is 11.7 Å². The summed E-state index contributed by atoms with van der Waals surface area (Å²) in [6.45, 7) is 6.64. The summed E-state index contributed by atoms with van der Waals surface area (Å²) in [5.41, 5.74) is -0.244. The van der Waals surface area contributed by atoms with Gasteiger partial charge in [-0.2, -0.15) is 0 Å². The molecule has 200 valence electrons. The van der Waals surface area contributed by atoms with Crippen LogP contribution in [0.1, 0.15) is 56.3 Å². The van der Waals surface area contributed by atoms with Crippen LogP contribution < -0.4 is 15.4 Å². The quantitative estimate of drug-likeness (QED) is 0.516. The molecule has 2 aliphatic heterocycles. The number of hydrogen-bond donors (Lipinski definition) is 2. The Bertz CT molecular complexity index is 1070. The van der Waals surface area contributed by atoms with Crippen molar-refractivity contribution < 1.29 is 23.1 Å². The van der Waals surface area contributed by atoms with E-state index in [0.717, 1.165) is 51.4 Å². The number of ether oxygens (including phenoxy) is 1. The predicted molar refractivity (Wildman–Crippen MR) is 138 cm³/mol. The number of carbonyl (C=O) groups is 2. The summed E-state index contributed by atoms with van der Waals surface area (Å²) < 4.78 is 34.6. The molecule has 37 heavy (non-hydrogen) atoms. The molecule has 4 rings (SSSR count). The largest absolute Gasteiger partial charge is 0.477 e. The monoisotopic (exact) mass is 514 g/mol. The number of aromatic nitrogens is 1. The number of halogens is 2. The normalized spacial score (nSPS) is 19.4. The van der Waals surface area contributed by atoms with Gasteiger partial charge in [-0.3, -0.25) is 14.9 Å². The van der Waals surface area contributed by atoms with Crippen LogP contribution in [0.2, 0.25) is 0 Å². The summed E-state index contributed by atoms with van der Waals surface area (Å²) in [6, 6.07) is 7.17. The molecule has 0 radical (unpaired) electrons. The summed E-state index contributed by atoms with van der Waals surface area (Å²) in [7, 11) is 0. The van der Waals surface area contributed by atoms with Gasteiger partial charge in [0.25, 0.3) is 5.91 Å². The van der Waals surface area contributed by atoms with Crippen LogP contribution in [0.4, 0.5) is 8.78 Å². The third-order valence-electron chi connectivity index (χ3n) is 6.92. The van der Waals surface area contributed by atoms with Crippen molar-refractivity contribution in [2.75, 3.05) is 32.8 Å². The van der Waals surface area contributed by atoms with E-state index in [9.17, 15) is 18.4 Å². The van der Waals surface area contributed by atoms with Crippen LogP contribution >= 0.6 is 0 Å². The number of benzene rings is 1. The summed E-state index contributed by atoms with van der Waals surface area (Å²) in [4.78, 5) is 31.2. The highest BCUT2D eigenvalue weighted by molar-refractivity contribution is 6.06. The number of hydrogen-bond acceptors (Lipinski definition) is 6. The smallest absolute Gasteiger partial charge is 0.257 e. The Labute approximate surface area is 217 Å². The predicted octanol–water partition coefficient (Wildman–Crippen LogP) is 4.13. The van der Waals surface area contributed by atoms with Crippen molar-refractivity contribution in [2.24, 2.45) is 5.92 Å². The van der Waals surface area contributed by atoms with Gasteiger partial charge in [-0.05, 0) is 83.3 Å². The van der Waals surface area contributed by atoms with Gasteiger partial charge >= 0.3 is 0 Å². The maximum atomic E-state index is 14.9. The second-order valence-electron chi connectivity index (χ2n) is 10.6. The first-order valence-corrected chi connectivity index (χ1v) is 13.1. The maximum Gasteiger partial charge on any atom is 0.257 e. The van der Waals surface area contributed by atoms with Crippen LogP contribution in [0.3, 0.4) is 0 Å². The Morgan fingerprint density at radius 3 is 2.57 bits per heavy atom. The second kappa shape index (κ2) is 12.1. The maximum absolute atomic E-state index is 14.9. The van der Waals surface area contributed by atoms with Crippen LogP contribution in [-0.2, 0) is 4.79 Å². The lowest BCUT2D eigenvalue weighted by Gasteiger charge is -2.34. The highest BCUT2D eigenvalue weighted by Crippen LogP contribution is 2.26. The molecule has 1 aromatic heterocycles. The molecule has 9 heteroatoms. The highest BCUT2D eigenvalue weighted by Gasteiger charge is 2.26. The molecule has 1 aromatic carbocycles. The van der Waals surface area contributed by atoms with Gasteiger partial charge in [0.1, 0.15) is 11.5 Å². The Balaban J connectivity index is 1.28. The molecule has 1 atom stereocenters. The lowest BCUT2D eigenvalue weighted by Crippen LogP contribution is -2.48. The van der Waals surface area contributed by atoms with Crippen molar-refractivity contribution in [3.05, 3.63) is 47.9 Å². The summed E-state index contributed by atoms with van der Waals surface area (Å²) in [5, 5.41) is 5.45. The van der Waals surface area contributed by atoms with E-state index in [4.69, 9.17) is 4.74 Å². The van der Waals surface area contributed by atoms with Crippen molar-refractivity contribution in [1.29, 1.82) is 0 Å². The van der Waals surface area contributed by atoms with E-state index in [1.807, 2.05) is 0 Å². The molecule has 2 amide bonds. The molecule has 2 aliphatic rings. The summed E-state index contributed by atoms with van der Waals surface area (Å²) >= 11 is 0. The lowest BCUT2D eigenvalue weighted by molar-refractivity contribution is -0.122. The number of nitrogens with zero attached hydrogens (tertiary/aromatic N) is 2. The van der Waals surface area contributed by atoms with Gasteiger partial charge in [-0.25, -0.2) is 13.8 Å². The SMILES string of the molecule is CC(C)(F)CN1CCC(COc2ccc(-c3ccc(C(=O)NC(=O)[C@H]4CCCCN4)cc3F)cn2)CC1. The fourth-order valence-corrected chi connectivity index (χ4v) is 4.91.